The molecule has 0 amide bonds. The van der Waals surface area contributed by atoms with E-state index in [0.717, 1.165) is 18.0 Å². The van der Waals surface area contributed by atoms with Gasteiger partial charge in [0.1, 0.15) is 5.75 Å². The van der Waals surface area contributed by atoms with Gasteiger partial charge >= 0.3 is 0 Å². The summed E-state index contributed by atoms with van der Waals surface area (Å²) in [7, 11) is 0. The minimum absolute atomic E-state index is 0.701. The Balaban J connectivity index is 1.90. The maximum Gasteiger partial charge on any atom is 0.119 e. The summed E-state index contributed by atoms with van der Waals surface area (Å²) < 4.78 is 5.38. The fourth-order valence-corrected chi connectivity index (χ4v) is 1.42. The van der Waals surface area contributed by atoms with Crippen molar-refractivity contribution in [3.8, 4) is 5.75 Å². The molecule has 1 aromatic heterocycles. The van der Waals surface area contributed by atoms with Crippen LogP contribution >= 0.6 is 0 Å². The zero-order chi connectivity index (χ0) is 11.2. The van der Waals surface area contributed by atoms with Crippen molar-refractivity contribution in [3.63, 3.8) is 0 Å². The third-order valence-electron chi connectivity index (χ3n) is 2.23. The standard InChI is InChI=1S/C12H15N3O/c1-2-16-12-5-3-10(4-6-12)7-13-11-8-14-15-9-11/h3-6,8-9,13H,2,7H2,1H3,(H,14,15). The highest BCUT2D eigenvalue weighted by atomic mass is 16.5. The average molecular weight is 217 g/mol. The van der Waals surface area contributed by atoms with Crippen molar-refractivity contribution in [2.24, 2.45) is 0 Å². The molecule has 4 nitrogen and oxygen atoms in total. The van der Waals surface area contributed by atoms with E-state index in [4.69, 9.17) is 4.74 Å². The van der Waals surface area contributed by atoms with Crippen LogP contribution < -0.4 is 10.1 Å². The van der Waals surface area contributed by atoms with Crippen LogP contribution in [0.5, 0.6) is 5.75 Å². The van der Waals surface area contributed by atoms with Crippen molar-refractivity contribution in [2.75, 3.05) is 11.9 Å². The summed E-state index contributed by atoms with van der Waals surface area (Å²) >= 11 is 0. The van der Waals surface area contributed by atoms with E-state index in [2.05, 4.69) is 27.6 Å². The second kappa shape index (κ2) is 5.21. The lowest BCUT2D eigenvalue weighted by Gasteiger charge is -2.06. The van der Waals surface area contributed by atoms with Gasteiger partial charge in [-0.15, -0.1) is 0 Å². The van der Waals surface area contributed by atoms with Crippen LogP contribution in [0.2, 0.25) is 0 Å². The van der Waals surface area contributed by atoms with E-state index in [9.17, 15) is 0 Å². The number of nitrogens with zero attached hydrogens (tertiary/aromatic N) is 1. The molecule has 2 rings (SSSR count). The molecule has 0 radical (unpaired) electrons. The lowest BCUT2D eigenvalue weighted by Crippen LogP contribution is -1.98. The first-order valence-electron chi connectivity index (χ1n) is 5.33. The predicted molar refractivity (Wildman–Crippen MR) is 63.5 cm³/mol. The zero-order valence-corrected chi connectivity index (χ0v) is 9.23. The maximum absolute atomic E-state index is 5.38. The van der Waals surface area contributed by atoms with Crippen LogP contribution in [-0.2, 0) is 6.54 Å². The average Bonchev–Trinajstić information content (AvgIpc) is 2.82. The van der Waals surface area contributed by atoms with E-state index in [0.29, 0.717) is 6.61 Å². The Hall–Kier alpha value is -1.97. The number of hydrogen-bond donors (Lipinski definition) is 2. The van der Waals surface area contributed by atoms with E-state index < -0.39 is 0 Å². The van der Waals surface area contributed by atoms with Gasteiger partial charge in [0.05, 0.1) is 18.5 Å². The first kappa shape index (κ1) is 10.5. The fraction of sp³-hybridized carbons (Fsp3) is 0.250. The fourth-order valence-electron chi connectivity index (χ4n) is 1.42. The largest absolute Gasteiger partial charge is 0.494 e. The van der Waals surface area contributed by atoms with Crippen molar-refractivity contribution in [3.05, 3.63) is 42.2 Å². The summed E-state index contributed by atoms with van der Waals surface area (Å²) in [5.41, 5.74) is 2.21. The molecule has 16 heavy (non-hydrogen) atoms. The molecule has 0 saturated heterocycles. The molecule has 0 fully saturated rings. The van der Waals surface area contributed by atoms with Gasteiger partial charge in [-0.3, -0.25) is 5.10 Å². The van der Waals surface area contributed by atoms with Crippen molar-refractivity contribution in [1.29, 1.82) is 0 Å². The van der Waals surface area contributed by atoms with Crippen molar-refractivity contribution >= 4 is 5.69 Å². The van der Waals surface area contributed by atoms with Crippen LogP contribution in [0.4, 0.5) is 5.69 Å². The van der Waals surface area contributed by atoms with Gasteiger partial charge in [0.15, 0.2) is 0 Å². The number of aromatic amines is 1. The number of anilines is 1. The van der Waals surface area contributed by atoms with Crippen molar-refractivity contribution in [2.45, 2.75) is 13.5 Å². The van der Waals surface area contributed by atoms with Crippen LogP contribution in [0, 0.1) is 0 Å². The van der Waals surface area contributed by atoms with E-state index in [1.165, 1.54) is 5.56 Å². The Morgan fingerprint density at radius 1 is 1.31 bits per heavy atom. The lowest BCUT2D eigenvalue weighted by atomic mass is 10.2. The number of hydrogen-bond acceptors (Lipinski definition) is 3. The molecule has 0 aliphatic carbocycles. The van der Waals surface area contributed by atoms with E-state index >= 15 is 0 Å². The first-order valence-corrected chi connectivity index (χ1v) is 5.33. The van der Waals surface area contributed by atoms with Crippen LogP contribution in [-0.4, -0.2) is 16.8 Å². The predicted octanol–water partition coefficient (Wildman–Crippen LogP) is 2.42. The summed E-state index contributed by atoms with van der Waals surface area (Å²) in [5.74, 6) is 0.912. The normalized spacial score (nSPS) is 10.1. The lowest BCUT2D eigenvalue weighted by molar-refractivity contribution is 0.340. The topological polar surface area (TPSA) is 49.9 Å². The monoisotopic (exact) mass is 217 g/mol. The Bertz CT molecular complexity index is 408. The molecule has 0 aliphatic heterocycles. The summed E-state index contributed by atoms with van der Waals surface area (Å²) in [6.07, 6.45) is 3.59. The number of H-pyrrole nitrogens is 1. The van der Waals surface area contributed by atoms with Gasteiger partial charge in [-0.2, -0.15) is 5.10 Å². The van der Waals surface area contributed by atoms with Gasteiger partial charge < -0.3 is 10.1 Å². The van der Waals surface area contributed by atoms with Crippen LogP contribution in [0.1, 0.15) is 12.5 Å². The summed E-state index contributed by atoms with van der Waals surface area (Å²) in [6, 6.07) is 8.07. The molecular formula is C12H15N3O. The molecule has 0 spiro atoms. The number of ether oxygens (including phenoxy) is 1. The molecule has 84 valence electrons. The highest BCUT2D eigenvalue weighted by molar-refractivity contribution is 5.39. The van der Waals surface area contributed by atoms with Gasteiger partial charge in [-0.25, -0.2) is 0 Å². The summed E-state index contributed by atoms with van der Waals surface area (Å²) in [5, 5.41) is 9.88. The van der Waals surface area contributed by atoms with Crippen molar-refractivity contribution < 1.29 is 4.74 Å². The molecule has 1 heterocycles. The second-order valence-corrected chi connectivity index (χ2v) is 3.42. The zero-order valence-electron chi connectivity index (χ0n) is 9.23. The van der Waals surface area contributed by atoms with E-state index in [-0.39, 0.29) is 0 Å². The van der Waals surface area contributed by atoms with Gasteiger partial charge in [0, 0.05) is 12.7 Å². The Morgan fingerprint density at radius 3 is 2.75 bits per heavy atom. The molecule has 2 N–H and O–H groups in total. The number of nitrogens with one attached hydrogen (secondary N) is 2. The van der Waals surface area contributed by atoms with Crippen LogP contribution in [0.3, 0.4) is 0 Å². The molecule has 0 saturated carbocycles. The highest BCUT2D eigenvalue weighted by Crippen LogP contribution is 2.13. The number of rotatable bonds is 5. The number of benzene rings is 1. The van der Waals surface area contributed by atoms with E-state index in [1.54, 1.807) is 6.20 Å². The minimum atomic E-state index is 0.701. The summed E-state index contributed by atoms with van der Waals surface area (Å²) in [6.45, 7) is 3.47. The quantitative estimate of drug-likeness (QED) is 0.808. The number of aromatic nitrogens is 2. The molecule has 4 heteroatoms. The maximum atomic E-state index is 5.38. The first-order chi connectivity index (χ1) is 7.88. The van der Waals surface area contributed by atoms with Gasteiger partial charge in [0.2, 0.25) is 0 Å². The van der Waals surface area contributed by atoms with Gasteiger partial charge in [-0.05, 0) is 24.6 Å². The van der Waals surface area contributed by atoms with Crippen molar-refractivity contribution in [1.82, 2.24) is 10.2 Å². The molecule has 0 aliphatic rings. The Morgan fingerprint density at radius 2 is 2.12 bits per heavy atom. The molecule has 0 atom stereocenters. The SMILES string of the molecule is CCOc1ccc(CNc2cn[nH]c2)cc1. The minimum Gasteiger partial charge on any atom is -0.494 e. The van der Waals surface area contributed by atoms with Crippen LogP contribution in [0.25, 0.3) is 0 Å². The molecule has 0 bridgehead atoms. The molecule has 2 aromatic rings. The highest BCUT2D eigenvalue weighted by Gasteiger charge is 1.96. The third-order valence-corrected chi connectivity index (χ3v) is 2.23. The van der Waals surface area contributed by atoms with Gasteiger partial charge in [-0.1, -0.05) is 12.1 Å². The molecule has 0 unspecified atom stereocenters. The van der Waals surface area contributed by atoms with E-state index in [1.807, 2.05) is 25.3 Å². The Kier molecular flexibility index (Phi) is 3.43. The third kappa shape index (κ3) is 2.76. The Labute approximate surface area is 94.6 Å². The second-order valence-electron chi connectivity index (χ2n) is 3.42. The van der Waals surface area contributed by atoms with Gasteiger partial charge in [0.25, 0.3) is 0 Å². The molecule has 1 aromatic carbocycles. The summed E-state index contributed by atoms with van der Waals surface area (Å²) in [4.78, 5) is 0. The smallest absolute Gasteiger partial charge is 0.119 e. The molecular weight excluding hydrogens is 202 g/mol. The van der Waals surface area contributed by atoms with Crippen LogP contribution in [0.15, 0.2) is 36.7 Å².